The summed E-state index contributed by atoms with van der Waals surface area (Å²) >= 11 is 0. The molecule has 96 valence electrons. The van der Waals surface area contributed by atoms with Crippen molar-refractivity contribution >= 4 is 0 Å². The number of nitrogens with one attached hydrogen (secondary N) is 1. The molecule has 1 rings (SSSR count). The van der Waals surface area contributed by atoms with Gasteiger partial charge in [0.1, 0.15) is 0 Å². The summed E-state index contributed by atoms with van der Waals surface area (Å²) in [4.78, 5) is 2.14. The normalized spacial score (nSPS) is 12.1. The minimum atomic E-state index is -0.573. The van der Waals surface area contributed by atoms with Crippen LogP contribution in [0.3, 0.4) is 0 Å². The molecule has 0 saturated heterocycles. The Morgan fingerprint density at radius 1 is 1.35 bits per heavy atom. The maximum absolute atomic E-state index is 13.1. The first kappa shape index (κ1) is 13.9. The van der Waals surface area contributed by atoms with E-state index in [1.54, 1.807) is 6.07 Å². The minimum Gasteiger partial charge on any atom is -0.505 e. The lowest BCUT2D eigenvalue weighted by Crippen LogP contribution is -2.46. The van der Waals surface area contributed by atoms with Gasteiger partial charge < -0.3 is 15.3 Å². The highest BCUT2D eigenvalue weighted by Crippen LogP contribution is 2.16. The first-order valence-corrected chi connectivity index (χ1v) is 5.68. The number of hydrogen-bond donors (Lipinski definition) is 2. The number of rotatable bonds is 5. The van der Waals surface area contributed by atoms with Gasteiger partial charge >= 0.3 is 0 Å². The Morgan fingerprint density at radius 3 is 2.53 bits per heavy atom. The van der Waals surface area contributed by atoms with Gasteiger partial charge in [-0.25, -0.2) is 4.39 Å². The Labute approximate surface area is 102 Å². The van der Waals surface area contributed by atoms with E-state index in [0.717, 1.165) is 12.1 Å². The summed E-state index contributed by atoms with van der Waals surface area (Å²) in [6.45, 7) is 5.67. The van der Waals surface area contributed by atoms with Crippen molar-refractivity contribution in [1.29, 1.82) is 0 Å². The average Bonchev–Trinajstić information content (AvgIpc) is 2.23. The maximum Gasteiger partial charge on any atom is 0.165 e. The molecule has 17 heavy (non-hydrogen) atoms. The van der Waals surface area contributed by atoms with E-state index in [-0.39, 0.29) is 11.3 Å². The molecule has 1 aromatic carbocycles. The lowest BCUT2D eigenvalue weighted by molar-refractivity contribution is 0.189. The number of hydrogen-bond acceptors (Lipinski definition) is 3. The number of likely N-dealkylation sites (N-methyl/N-ethyl adjacent to an activating group) is 1. The van der Waals surface area contributed by atoms with Gasteiger partial charge in [-0.15, -0.1) is 0 Å². The van der Waals surface area contributed by atoms with Crippen LogP contribution in [0.5, 0.6) is 5.75 Å². The molecule has 3 nitrogen and oxygen atoms in total. The SMILES string of the molecule is CN(C)C(C)(C)CNCc1ccc(O)c(F)c1. The second-order valence-corrected chi connectivity index (χ2v) is 5.10. The summed E-state index contributed by atoms with van der Waals surface area (Å²) in [5.74, 6) is -0.876. The molecule has 0 saturated carbocycles. The van der Waals surface area contributed by atoms with Crippen molar-refractivity contribution in [1.82, 2.24) is 10.2 Å². The van der Waals surface area contributed by atoms with Crippen molar-refractivity contribution in [3.63, 3.8) is 0 Å². The van der Waals surface area contributed by atoms with Gasteiger partial charge in [0.05, 0.1) is 0 Å². The molecule has 0 spiro atoms. The Morgan fingerprint density at radius 2 is 2.00 bits per heavy atom. The summed E-state index contributed by atoms with van der Waals surface area (Å²) in [7, 11) is 4.06. The molecular formula is C13H21FN2O. The molecule has 0 fully saturated rings. The van der Waals surface area contributed by atoms with E-state index < -0.39 is 5.82 Å². The largest absolute Gasteiger partial charge is 0.505 e. The first-order chi connectivity index (χ1) is 7.83. The zero-order chi connectivity index (χ0) is 13.1. The number of halogens is 1. The molecule has 0 aromatic heterocycles. The van der Waals surface area contributed by atoms with Gasteiger partial charge in [-0.2, -0.15) is 0 Å². The molecule has 0 bridgehead atoms. The topological polar surface area (TPSA) is 35.5 Å². The third kappa shape index (κ3) is 3.98. The fourth-order valence-corrected chi connectivity index (χ4v) is 1.33. The van der Waals surface area contributed by atoms with Gasteiger partial charge in [0.2, 0.25) is 0 Å². The third-order valence-electron chi connectivity index (χ3n) is 3.11. The molecular weight excluding hydrogens is 219 g/mol. The molecule has 2 N–H and O–H groups in total. The second kappa shape index (κ2) is 5.47. The maximum atomic E-state index is 13.1. The van der Waals surface area contributed by atoms with Crippen LogP contribution in [-0.4, -0.2) is 36.2 Å². The molecule has 0 radical (unpaired) electrons. The molecule has 0 unspecified atom stereocenters. The van der Waals surface area contributed by atoms with E-state index in [0.29, 0.717) is 6.54 Å². The number of phenols is 1. The summed E-state index contributed by atoms with van der Waals surface area (Å²) in [5, 5.41) is 12.3. The first-order valence-electron chi connectivity index (χ1n) is 5.68. The van der Waals surface area contributed by atoms with Gasteiger partial charge in [-0.3, -0.25) is 0 Å². The van der Waals surface area contributed by atoms with Crippen molar-refractivity contribution in [3.8, 4) is 5.75 Å². The van der Waals surface area contributed by atoms with Crippen LogP contribution in [0.2, 0.25) is 0 Å². The van der Waals surface area contributed by atoms with Crippen molar-refractivity contribution < 1.29 is 9.50 Å². The predicted molar refractivity (Wildman–Crippen MR) is 67.5 cm³/mol. The minimum absolute atomic E-state index is 0.0511. The van der Waals surface area contributed by atoms with E-state index in [2.05, 4.69) is 24.1 Å². The standard InChI is InChI=1S/C13H21FN2O/c1-13(2,16(3)4)9-15-8-10-5-6-12(17)11(14)7-10/h5-7,15,17H,8-9H2,1-4H3. The van der Waals surface area contributed by atoms with Crippen LogP contribution in [0.25, 0.3) is 0 Å². The van der Waals surface area contributed by atoms with E-state index in [1.807, 2.05) is 14.1 Å². The average molecular weight is 240 g/mol. The zero-order valence-electron chi connectivity index (χ0n) is 10.9. The molecule has 0 heterocycles. The Hall–Kier alpha value is -1.13. The molecule has 0 aliphatic carbocycles. The van der Waals surface area contributed by atoms with Crippen LogP contribution < -0.4 is 5.32 Å². The molecule has 0 atom stereocenters. The second-order valence-electron chi connectivity index (χ2n) is 5.10. The van der Waals surface area contributed by atoms with Gasteiger partial charge in [0.15, 0.2) is 11.6 Å². The van der Waals surface area contributed by atoms with Gasteiger partial charge in [0.25, 0.3) is 0 Å². The van der Waals surface area contributed by atoms with Crippen LogP contribution in [-0.2, 0) is 6.54 Å². The molecule has 1 aromatic rings. The van der Waals surface area contributed by atoms with Gasteiger partial charge in [0, 0.05) is 18.6 Å². The Bertz CT molecular complexity index is 378. The van der Waals surface area contributed by atoms with Crippen LogP contribution in [0.1, 0.15) is 19.4 Å². The van der Waals surface area contributed by atoms with Gasteiger partial charge in [-0.05, 0) is 45.6 Å². The van der Waals surface area contributed by atoms with Crippen LogP contribution >= 0.6 is 0 Å². The smallest absolute Gasteiger partial charge is 0.165 e. The van der Waals surface area contributed by atoms with E-state index in [4.69, 9.17) is 5.11 Å². The summed E-state index contributed by atoms with van der Waals surface area (Å²) in [6.07, 6.45) is 0. The van der Waals surface area contributed by atoms with Crippen molar-refractivity contribution in [2.75, 3.05) is 20.6 Å². The zero-order valence-corrected chi connectivity index (χ0v) is 10.9. The number of phenolic OH excluding ortho intramolecular Hbond substituents is 1. The van der Waals surface area contributed by atoms with E-state index in [1.165, 1.54) is 12.1 Å². The van der Waals surface area contributed by atoms with Gasteiger partial charge in [-0.1, -0.05) is 6.07 Å². The number of nitrogens with zero attached hydrogens (tertiary/aromatic N) is 1. The molecule has 0 aliphatic heterocycles. The fourth-order valence-electron chi connectivity index (χ4n) is 1.33. The van der Waals surface area contributed by atoms with Crippen LogP contribution in [0.4, 0.5) is 4.39 Å². The predicted octanol–water partition coefficient (Wildman–Crippen LogP) is 1.96. The number of aromatic hydroxyl groups is 1. The fraction of sp³-hybridized carbons (Fsp3) is 0.538. The quantitative estimate of drug-likeness (QED) is 0.826. The lowest BCUT2D eigenvalue weighted by atomic mass is 10.0. The van der Waals surface area contributed by atoms with Crippen LogP contribution in [0.15, 0.2) is 18.2 Å². The lowest BCUT2D eigenvalue weighted by Gasteiger charge is -2.32. The van der Waals surface area contributed by atoms with Crippen molar-refractivity contribution in [2.24, 2.45) is 0 Å². The van der Waals surface area contributed by atoms with Crippen LogP contribution in [0, 0.1) is 5.82 Å². The van der Waals surface area contributed by atoms with E-state index >= 15 is 0 Å². The Kier molecular flexibility index (Phi) is 4.48. The van der Waals surface area contributed by atoms with E-state index in [9.17, 15) is 4.39 Å². The highest BCUT2D eigenvalue weighted by molar-refractivity contribution is 5.27. The highest BCUT2D eigenvalue weighted by Gasteiger charge is 2.19. The molecule has 0 amide bonds. The summed E-state index contributed by atoms with van der Waals surface area (Å²) in [6, 6.07) is 4.45. The van der Waals surface area contributed by atoms with Crippen molar-refractivity contribution in [3.05, 3.63) is 29.6 Å². The third-order valence-corrected chi connectivity index (χ3v) is 3.11. The monoisotopic (exact) mass is 240 g/mol. The highest BCUT2D eigenvalue weighted by atomic mass is 19.1. The summed E-state index contributed by atoms with van der Waals surface area (Å²) in [5.41, 5.74) is 0.880. The molecule has 0 aliphatic rings. The molecule has 4 heteroatoms. The number of benzene rings is 1. The Balaban J connectivity index is 2.49. The van der Waals surface area contributed by atoms with Crippen molar-refractivity contribution in [2.45, 2.75) is 25.9 Å². The summed E-state index contributed by atoms with van der Waals surface area (Å²) < 4.78 is 13.1.